The van der Waals surface area contributed by atoms with Gasteiger partial charge in [-0.05, 0) is 56.2 Å². The first-order chi connectivity index (χ1) is 12.1. The number of aromatic amines is 1. The van der Waals surface area contributed by atoms with E-state index in [-0.39, 0.29) is 11.7 Å². The SMILES string of the molecule is Cc1nc(CCC(=O)N2CCCC(CCc3ccc(F)cc3)C2)n[nH]1. The lowest BCUT2D eigenvalue weighted by molar-refractivity contribution is -0.133. The topological polar surface area (TPSA) is 61.9 Å². The standard InChI is InChI=1S/C19H25FN4O/c1-14-21-18(23-22-14)10-11-19(25)24-12-2-3-16(13-24)5-4-15-6-8-17(20)9-7-15/h6-9,16H,2-5,10-13H2,1H3,(H,21,22,23). The molecule has 0 spiro atoms. The molecule has 25 heavy (non-hydrogen) atoms. The molecule has 3 rings (SSSR count). The van der Waals surface area contributed by atoms with Crippen molar-refractivity contribution in [1.82, 2.24) is 20.1 Å². The van der Waals surface area contributed by atoms with Gasteiger partial charge in [0, 0.05) is 25.9 Å². The highest BCUT2D eigenvalue weighted by Gasteiger charge is 2.23. The Labute approximate surface area is 147 Å². The van der Waals surface area contributed by atoms with E-state index >= 15 is 0 Å². The van der Waals surface area contributed by atoms with Gasteiger partial charge in [-0.25, -0.2) is 9.37 Å². The number of rotatable bonds is 6. The van der Waals surface area contributed by atoms with Crippen LogP contribution < -0.4 is 0 Å². The molecule has 1 saturated heterocycles. The molecule has 2 aromatic rings. The minimum absolute atomic E-state index is 0.189. The van der Waals surface area contributed by atoms with Gasteiger partial charge in [0.15, 0.2) is 5.82 Å². The van der Waals surface area contributed by atoms with Gasteiger partial charge in [-0.1, -0.05) is 12.1 Å². The second-order valence-corrected chi connectivity index (χ2v) is 6.85. The number of amides is 1. The van der Waals surface area contributed by atoms with Gasteiger partial charge in [0.25, 0.3) is 0 Å². The number of piperidine rings is 1. The first-order valence-corrected chi connectivity index (χ1v) is 9.00. The van der Waals surface area contributed by atoms with E-state index in [4.69, 9.17) is 0 Å². The van der Waals surface area contributed by atoms with Crippen LogP contribution in [0.25, 0.3) is 0 Å². The number of benzene rings is 1. The monoisotopic (exact) mass is 344 g/mol. The van der Waals surface area contributed by atoms with Gasteiger partial charge in [0.2, 0.25) is 5.91 Å². The van der Waals surface area contributed by atoms with Gasteiger partial charge in [0.1, 0.15) is 11.6 Å². The number of nitrogens with one attached hydrogen (secondary N) is 1. The average Bonchev–Trinajstić information content (AvgIpc) is 3.05. The minimum atomic E-state index is -0.195. The fourth-order valence-corrected chi connectivity index (χ4v) is 3.43. The Kier molecular flexibility index (Phi) is 5.79. The zero-order valence-electron chi connectivity index (χ0n) is 14.7. The molecule has 1 fully saturated rings. The molecule has 1 amide bonds. The molecule has 1 aromatic heterocycles. The van der Waals surface area contributed by atoms with Crippen molar-refractivity contribution in [3.8, 4) is 0 Å². The number of likely N-dealkylation sites (tertiary alicyclic amines) is 1. The van der Waals surface area contributed by atoms with Gasteiger partial charge < -0.3 is 4.90 Å². The summed E-state index contributed by atoms with van der Waals surface area (Å²) < 4.78 is 13.0. The summed E-state index contributed by atoms with van der Waals surface area (Å²) in [5.41, 5.74) is 1.16. The summed E-state index contributed by atoms with van der Waals surface area (Å²) in [6.07, 6.45) is 5.23. The van der Waals surface area contributed by atoms with E-state index < -0.39 is 0 Å². The zero-order valence-corrected chi connectivity index (χ0v) is 14.7. The third-order valence-electron chi connectivity index (χ3n) is 4.83. The fourth-order valence-electron chi connectivity index (χ4n) is 3.43. The average molecular weight is 344 g/mol. The largest absolute Gasteiger partial charge is 0.342 e. The normalized spacial score (nSPS) is 17.7. The zero-order chi connectivity index (χ0) is 17.6. The number of aryl methyl sites for hydroxylation is 3. The second-order valence-electron chi connectivity index (χ2n) is 6.85. The summed E-state index contributed by atoms with van der Waals surface area (Å²) in [5.74, 6) is 2.00. The van der Waals surface area contributed by atoms with E-state index in [2.05, 4.69) is 15.2 Å². The second kappa shape index (κ2) is 8.23. The number of hydrogen-bond acceptors (Lipinski definition) is 3. The number of H-pyrrole nitrogens is 1. The maximum Gasteiger partial charge on any atom is 0.223 e. The minimum Gasteiger partial charge on any atom is -0.342 e. The lowest BCUT2D eigenvalue weighted by Gasteiger charge is -2.33. The van der Waals surface area contributed by atoms with Crippen LogP contribution in [0.1, 0.15) is 42.9 Å². The lowest BCUT2D eigenvalue weighted by atomic mass is 9.91. The number of carbonyl (C=O) groups excluding carboxylic acids is 1. The Morgan fingerprint density at radius 3 is 2.84 bits per heavy atom. The maximum absolute atomic E-state index is 13.0. The highest BCUT2D eigenvalue weighted by molar-refractivity contribution is 5.76. The van der Waals surface area contributed by atoms with Crippen LogP contribution in [0.3, 0.4) is 0 Å². The summed E-state index contributed by atoms with van der Waals surface area (Å²) in [6.45, 7) is 3.53. The van der Waals surface area contributed by atoms with Gasteiger partial charge in [-0.15, -0.1) is 0 Å². The van der Waals surface area contributed by atoms with Gasteiger partial charge in [-0.3, -0.25) is 9.89 Å². The number of carbonyl (C=O) groups is 1. The van der Waals surface area contributed by atoms with Crippen molar-refractivity contribution in [3.05, 3.63) is 47.3 Å². The van der Waals surface area contributed by atoms with Crippen LogP contribution in [0.15, 0.2) is 24.3 Å². The van der Waals surface area contributed by atoms with E-state index in [9.17, 15) is 9.18 Å². The highest BCUT2D eigenvalue weighted by atomic mass is 19.1. The van der Waals surface area contributed by atoms with Crippen molar-refractivity contribution in [2.75, 3.05) is 13.1 Å². The predicted molar refractivity (Wildman–Crippen MR) is 93.5 cm³/mol. The molecular formula is C19H25FN4O. The Morgan fingerprint density at radius 2 is 2.12 bits per heavy atom. The third kappa shape index (κ3) is 5.11. The van der Waals surface area contributed by atoms with Crippen molar-refractivity contribution in [2.24, 2.45) is 5.92 Å². The quantitative estimate of drug-likeness (QED) is 0.876. The van der Waals surface area contributed by atoms with Crippen molar-refractivity contribution >= 4 is 5.91 Å². The van der Waals surface area contributed by atoms with Crippen molar-refractivity contribution in [2.45, 2.75) is 45.4 Å². The summed E-state index contributed by atoms with van der Waals surface area (Å²) in [5, 5.41) is 6.89. The van der Waals surface area contributed by atoms with Crippen LogP contribution in [-0.4, -0.2) is 39.1 Å². The van der Waals surface area contributed by atoms with Crippen LogP contribution in [-0.2, 0) is 17.6 Å². The van der Waals surface area contributed by atoms with Gasteiger partial charge in [0.05, 0.1) is 0 Å². The Hall–Kier alpha value is -2.24. The molecule has 0 aliphatic carbocycles. The molecule has 1 N–H and O–H groups in total. The molecule has 0 radical (unpaired) electrons. The maximum atomic E-state index is 13.0. The Morgan fingerprint density at radius 1 is 1.32 bits per heavy atom. The van der Waals surface area contributed by atoms with Crippen molar-refractivity contribution in [1.29, 1.82) is 0 Å². The molecule has 0 saturated carbocycles. The Bertz CT molecular complexity index is 698. The summed E-state index contributed by atoms with van der Waals surface area (Å²) in [6, 6.07) is 6.72. The molecule has 1 aromatic carbocycles. The number of hydrogen-bond donors (Lipinski definition) is 1. The first-order valence-electron chi connectivity index (χ1n) is 9.00. The molecule has 1 aliphatic heterocycles. The highest BCUT2D eigenvalue weighted by Crippen LogP contribution is 2.22. The van der Waals surface area contributed by atoms with Gasteiger partial charge in [-0.2, -0.15) is 5.10 Å². The van der Waals surface area contributed by atoms with Crippen LogP contribution in [0.4, 0.5) is 4.39 Å². The molecule has 2 heterocycles. The van der Waals surface area contributed by atoms with E-state index in [0.29, 0.717) is 24.6 Å². The molecular weight excluding hydrogens is 319 g/mol. The van der Waals surface area contributed by atoms with Crippen LogP contribution in [0.5, 0.6) is 0 Å². The number of nitrogens with zero attached hydrogens (tertiary/aromatic N) is 3. The molecule has 5 nitrogen and oxygen atoms in total. The number of halogens is 1. The summed E-state index contributed by atoms with van der Waals surface area (Å²) in [7, 11) is 0. The molecule has 6 heteroatoms. The van der Waals surface area contributed by atoms with Gasteiger partial charge >= 0.3 is 0 Å². The van der Waals surface area contributed by atoms with E-state index in [1.54, 1.807) is 0 Å². The van der Waals surface area contributed by atoms with Crippen molar-refractivity contribution < 1.29 is 9.18 Å². The molecule has 0 bridgehead atoms. The molecule has 134 valence electrons. The van der Waals surface area contributed by atoms with Crippen molar-refractivity contribution in [3.63, 3.8) is 0 Å². The fraction of sp³-hybridized carbons (Fsp3) is 0.526. The van der Waals surface area contributed by atoms with E-state index in [1.165, 1.54) is 12.1 Å². The molecule has 1 unspecified atom stereocenters. The summed E-state index contributed by atoms with van der Waals surface area (Å²) in [4.78, 5) is 18.7. The first kappa shape index (κ1) is 17.6. The smallest absolute Gasteiger partial charge is 0.223 e. The predicted octanol–water partition coefficient (Wildman–Crippen LogP) is 3.06. The van der Waals surface area contributed by atoms with E-state index in [0.717, 1.165) is 50.2 Å². The Balaban J connectivity index is 1.45. The van der Waals surface area contributed by atoms with E-state index in [1.807, 2.05) is 24.0 Å². The van der Waals surface area contributed by atoms with Crippen LogP contribution in [0.2, 0.25) is 0 Å². The third-order valence-corrected chi connectivity index (χ3v) is 4.83. The summed E-state index contributed by atoms with van der Waals surface area (Å²) >= 11 is 0. The van der Waals surface area contributed by atoms with Crippen LogP contribution >= 0.6 is 0 Å². The molecule has 1 atom stereocenters. The number of aromatic nitrogens is 3. The molecule has 1 aliphatic rings. The van der Waals surface area contributed by atoms with Crippen LogP contribution in [0, 0.1) is 18.7 Å². The lowest BCUT2D eigenvalue weighted by Crippen LogP contribution is -2.40.